The average molecular weight is 2080 g/mol. The molecule has 0 bridgehead atoms. The van der Waals surface area contributed by atoms with Gasteiger partial charge < -0.3 is 29.4 Å². The number of benzene rings is 6. The Morgan fingerprint density at radius 2 is 0.771 bits per heavy atom. The maximum Gasteiger partial charge on any atom is 0.286 e. The molecule has 0 radical (unpaired) electrons. The molecule has 1 aliphatic carbocycles. The molecule has 0 atom stereocenters. The first kappa shape index (κ1) is 104. The first-order chi connectivity index (χ1) is 67.5. The number of hydrogen-bond donors (Lipinski definition) is 4. The Morgan fingerprint density at radius 1 is 0.429 bits per heavy atom. The number of nitriles is 1. The molecule has 3 aliphatic heterocycles. The number of aromatic nitrogens is 8. The summed E-state index contributed by atoms with van der Waals surface area (Å²) < 4.78 is 35.3. The van der Waals surface area contributed by atoms with Crippen LogP contribution in [0.25, 0.3) is 90.6 Å². The molecular formula is C101H83Cl8N21O7S3. The standard InChI is InChI=1S/C26H20Cl2N6O3S.C26H19Cl2N5O.C25H23Cl2N5OS.C24H21Cl2N5O2S/c1-29-12-4-3-5-18-6-8-19(9-7-18)25-23(30-2)24(26(35)32-33-13-15-38(36,37)16-14-33)31-34(25)22-11-10-20(27)17-21(22)28;1-17-23(25(34)31-26(16-29)12-13-26)32-33(22-11-10-20(27)15-21(22)28)24(17)19-8-6-18(7-9-19)5-3-4-14-30-2;1-17-23(25(33)30-31-14-6-3-7-15-31)29-32(21-11-9-18(26)16-20(21)27)24(17)22-12-10-19(34-22)8-4-5-13-28-2;1-16-22(24(32)29-30-11-13-33-14-12-30)28-31(20-8-6-17(25)15-19(20)26)23(16)21-9-7-18(34-21)5-3-4-10-27-2/h6-11,17H,4,12-16H2,(H,32,35);6-11,15H,4,12-14H2,1H3,(H,31,34);9-12,16H,3,5-7,13-15H2,1H3,(H,30,33);6-9,15H,4,10-14H2,1H3,(H,29,32). The molecule has 28 nitrogen and oxygen atoms in total. The van der Waals surface area contributed by atoms with Gasteiger partial charge in [0.15, 0.2) is 32.6 Å². The number of carbonyl (C=O) groups is 4. The highest BCUT2D eigenvalue weighted by atomic mass is 35.5. The molecule has 4 aliphatic rings. The minimum Gasteiger partial charge on any atom is -0.379 e. The van der Waals surface area contributed by atoms with Crippen LogP contribution in [-0.2, 0) is 14.6 Å². The third-order valence-corrected chi connectivity index (χ3v) is 27.6. The first-order valence-electron chi connectivity index (χ1n) is 43.6. The number of hydrogen-bond acceptors (Lipinski definition) is 17. The van der Waals surface area contributed by atoms with Crippen LogP contribution in [0.5, 0.6) is 0 Å². The van der Waals surface area contributed by atoms with Crippen molar-refractivity contribution >= 4 is 155 Å². The number of carbonyl (C=O) groups excluding carboxylic acids is 4. The lowest BCUT2D eigenvalue weighted by atomic mass is 10.0. The molecule has 9 heterocycles. The predicted molar refractivity (Wildman–Crippen MR) is 550 cm³/mol. The molecule has 140 heavy (non-hydrogen) atoms. The lowest BCUT2D eigenvalue weighted by Gasteiger charge is -2.26. The molecule has 4 fully saturated rings. The molecule has 708 valence electrons. The Balaban J connectivity index is 0.000000157. The van der Waals surface area contributed by atoms with Crippen LogP contribution < -0.4 is 21.6 Å². The van der Waals surface area contributed by atoms with Gasteiger partial charge in [-0.3, -0.25) is 35.5 Å². The molecule has 12 aromatic rings. The van der Waals surface area contributed by atoms with E-state index in [4.69, 9.17) is 136 Å². The lowest BCUT2D eigenvalue weighted by Crippen LogP contribution is -2.50. The summed E-state index contributed by atoms with van der Waals surface area (Å²) >= 11 is 53.4. The van der Waals surface area contributed by atoms with Crippen LogP contribution in [0.15, 0.2) is 146 Å². The average Bonchev–Trinajstić information content (AvgIpc) is 1.63. The molecule has 0 spiro atoms. The quantitative estimate of drug-likeness (QED) is 0.0313. The number of nitrogens with one attached hydrogen (secondary N) is 4. The summed E-state index contributed by atoms with van der Waals surface area (Å²) in [5, 5.41) is 39.4. The summed E-state index contributed by atoms with van der Waals surface area (Å²) in [4.78, 5) is 73.0. The number of amides is 4. The van der Waals surface area contributed by atoms with E-state index in [9.17, 15) is 32.9 Å². The van der Waals surface area contributed by atoms with Crippen LogP contribution in [0, 0.1) is 112 Å². The summed E-state index contributed by atoms with van der Waals surface area (Å²) in [6, 6.07) is 44.9. The molecule has 1 saturated carbocycles. The van der Waals surface area contributed by atoms with Gasteiger partial charge in [0.05, 0.1) is 148 Å². The number of ether oxygens (including phenoxy) is 1. The Morgan fingerprint density at radius 3 is 1.15 bits per heavy atom. The fourth-order valence-corrected chi connectivity index (χ4v) is 19.7. The molecule has 39 heteroatoms. The normalized spacial score (nSPS) is 13.8. The van der Waals surface area contributed by atoms with E-state index < -0.39 is 27.2 Å². The third kappa shape index (κ3) is 26.6. The van der Waals surface area contributed by atoms with E-state index in [1.165, 1.54) is 44.9 Å². The zero-order chi connectivity index (χ0) is 99.7. The van der Waals surface area contributed by atoms with Crippen LogP contribution in [0.2, 0.25) is 40.2 Å². The van der Waals surface area contributed by atoms with Crippen LogP contribution >= 0.6 is 115 Å². The Hall–Kier alpha value is -13.3. The van der Waals surface area contributed by atoms with Crippen molar-refractivity contribution in [1.29, 1.82) is 5.26 Å². The van der Waals surface area contributed by atoms with Gasteiger partial charge in [-0.1, -0.05) is 171 Å². The number of sulfone groups is 1. The third-order valence-electron chi connectivity index (χ3n) is 21.8. The minimum absolute atomic E-state index is 0.00837. The number of nitrogens with zero attached hydrogens (tertiary/aromatic N) is 17. The highest BCUT2D eigenvalue weighted by Gasteiger charge is 2.46. The van der Waals surface area contributed by atoms with E-state index in [0.29, 0.717) is 183 Å². The van der Waals surface area contributed by atoms with E-state index in [2.05, 4.69) is 115 Å². The van der Waals surface area contributed by atoms with E-state index in [1.807, 2.05) is 79.3 Å². The second-order valence-electron chi connectivity index (χ2n) is 31.6. The molecule has 3 saturated heterocycles. The van der Waals surface area contributed by atoms with Gasteiger partial charge in [0.25, 0.3) is 23.6 Å². The van der Waals surface area contributed by atoms with Gasteiger partial charge in [0.1, 0.15) is 5.54 Å². The molecule has 0 unspecified atom stereocenters. The Bertz CT molecular complexity index is 7190. The zero-order valence-electron chi connectivity index (χ0n) is 75.3. The largest absolute Gasteiger partial charge is 0.379 e. The van der Waals surface area contributed by atoms with Gasteiger partial charge in [0, 0.05) is 92.7 Å². The fraction of sp³-hybridized carbons (Fsp3) is 0.267. The van der Waals surface area contributed by atoms with Crippen molar-refractivity contribution < 1.29 is 32.3 Å². The van der Waals surface area contributed by atoms with Crippen LogP contribution in [0.4, 0.5) is 5.69 Å². The van der Waals surface area contributed by atoms with Crippen molar-refractivity contribution in [3.05, 3.63) is 303 Å². The summed E-state index contributed by atoms with van der Waals surface area (Å²) in [7, 11) is -3.13. The summed E-state index contributed by atoms with van der Waals surface area (Å²) in [5.41, 5.74) is 18.5. The monoisotopic (exact) mass is 2080 g/mol. The van der Waals surface area contributed by atoms with Gasteiger partial charge in [-0.2, -0.15) is 25.7 Å². The Labute approximate surface area is 858 Å². The molecule has 4 amide bonds. The predicted octanol–water partition coefficient (Wildman–Crippen LogP) is 20.9. The fourth-order valence-electron chi connectivity index (χ4n) is 14.6. The maximum absolute atomic E-state index is 13.2. The van der Waals surface area contributed by atoms with Crippen molar-refractivity contribution in [2.24, 2.45) is 0 Å². The molecular weight excluding hydrogens is 2000 g/mol. The van der Waals surface area contributed by atoms with Gasteiger partial charge in [-0.15, -0.1) is 22.7 Å². The topological polar surface area (TPSA) is 286 Å². The van der Waals surface area contributed by atoms with E-state index >= 15 is 0 Å². The number of rotatable bonds is 20. The van der Waals surface area contributed by atoms with Crippen LogP contribution in [-0.4, -0.2) is 182 Å². The molecule has 16 rings (SSSR count). The second-order valence-corrected chi connectivity index (χ2v) is 39.5. The second kappa shape index (κ2) is 49.0. The summed E-state index contributed by atoms with van der Waals surface area (Å²) in [6.07, 6.45) is 6.62. The smallest absolute Gasteiger partial charge is 0.286 e. The van der Waals surface area contributed by atoms with Crippen molar-refractivity contribution in [3.63, 3.8) is 0 Å². The van der Waals surface area contributed by atoms with Crippen molar-refractivity contribution in [2.45, 2.75) is 84.1 Å². The van der Waals surface area contributed by atoms with Gasteiger partial charge in [-0.05, 0) is 173 Å². The number of piperidine rings is 1. The van der Waals surface area contributed by atoms with Gasteiger partial charge >= 0.3 is 0 Å². The number of halogens is 8. The molecule has 6 aromatic heterocycles. The van der Waals surface area contributed by atoms with E-state index in [0.717, 1.165) is 84.6 Å². The maximum atomic E-state index is 13.2. The molecule has 4 N–H and O–H groups in total. The minimum atomic E-state index is -3.13. The van der Waals surface area contributed by atoms with E-state index in [-0.39, 0.29) is 58.5 Å². The van der Waals surface area contributed by atoms with Gasteiger partial charge in [0.2, 0.25) is 31.9 Å². The summed E-state index contributed by atoms with van der Waals surface area (Å²) in [5.74, 6) is 22.5. The van der Waals surface area contributed by atoms with Crippen molar-refractivity contribution in [2.75, 3.05) is 90.2 Å². The SMILES string of the molecule is [C-]#[N+]CCC#Cc1ccc(-c2c(C)c(C(=O)NC3(C#N)CC3)nn2-c2ccc(Cl)cc2Cl)cc1.[C-]#[N+]CCC#Cc1ccc(-c2c(C)c(C(=O)NN3CCCCC3)nn2-c2ccc(Cl)cc2Cl)s1.[C-]#[N+]CCC#Cc1ccc(-c2c(C)c(C(=O)NN3CCOCC3)nn2-c2ccc(Cl)cc2Cl)s1.[C-]#[N+]CCC#Cc1ccc(-c2c([N+]#[C-])c(C(=O)NN3CCS(=O)(=O)CC3)nn2-c2ccc(Cl)cc2Cl)cc1. The summed E-state index contributed by atoms with van der Waals surface area (Å²) in [6.45, 7) is 46.7. The number of thiophene rings is 2. The first-order valence-corrected chi connectivity index (χ1v) is 50.0. The van der Waals surface area contributed by atoms with Gasteiger partial charge in [-0.25, -0.2) is 73.3 Å². The highest BCUT2D eigenvalue weighted by molar-refractivity contribution is 7.91. The van der Waals surface area contributed by atoms with Crippen molar-refractivity contribution in [1.82, 2.24) is 75.7 Å². The lowest BCUT2D eigenvalue weighted by molar-refractivity contribution is 0.0124. The van der Waals surface area contributed by atoms with Crippen LogP contribution in [0.1, 0.15) is 137 Å². The number of morpholine rings is 1. The van der Waals surface area contributed by atoms with Crippen LogP contribution in [0.3, 0.4) is 0 Å². The highest BCUT2D eigenvalue weighted by Crippen LogP contribution is 2.43. The van der Waals surface area contributed by atoms with Crippen molar-refractivity contribution in [3.8, 4) is 120 Å². The van der Waals surface area contributed by atoms with E-state index in [1.54, 1.807) is 105 Å². The number of hydrazine groups is 3. The zero-order valence-corrected chi connectivity index (χ0v) is 83.8. The molecule has 6 aromatic carbocycles. The Kier molecular flexibility index (Phi) is 36.5.